The average Bonchev–Trinajstić information content (AvgIpc) is 2.97. The number of oxime groups is 1. The van der Waals surface area contributed by atoms with Gasteiger partial charge < -0.3 is 20.6 Å². The maximum Gasteiger partial charge on any atom is 0.236 e. The third-order valence-corrected chi connectivity index (χ3v) is 4.56. The first-order chi connectivity index (χ1) is 9.60. The molecule has 6 nitrogen and oxygen atoms in total. The molecule has 20 heavy (non-hydrogen) atoms. The normalized spacial score (nSPS) is 26.4. The summed E-state index contributed by atoms with van der Waals surface area (Å²) >= 11 is 0. The van der Waals surface area contributed by atoms with Gasteiger partial charge in [-0.1, -0.05) is 18.0 Å². The first kappa shape index (κ1) is 15.1. The van der Waals surface area contributed by atoms with Gasteiger partial charge in [0.05, 0.1) is 6.10 Å². The predicted molar refractivity (Wildman–Crippen MR) is 75.5 cm³/mol. The number of nitrogens with two attached hydrogens (primary N) is 1. The van der Waals surface area contributed by atoms with Crippen LogP contribution in [0.4, 0.5) is 0 Å². The molecular formula is C14H25N3O3. The maximum absolute atomic E-state index is 12.7. The van der Waals surface area contributed by atoms with E-state index >= 15 is 0 Å². The monoisotopic (exact) mass is 283 g/mol. The zero-order chi connectivity index (χ0) is 14.6. The van der Waals surface area contributed by atoms with E-state index in [1.807, 2.05) is 0 Å². The minimum atomic E-state index is -0.807. The number of hydrogen-bond acceptors (Lipinski definition) is 4. The molecule has 0 radical (unpaired) electrons. The van der Waals surface area contributed by atoms with Gasteiger partial charge in [-0.2, -0.15) is 0 Å². The Hall–Kier alpha value is -1.30. The average molecular weight is 283 g/mol. The van der Waals surface area contributed by atoms with E-state index in [1.165, 1.54) is 0 Å². The number of rotatable bonds is 4. The molecule has 0 aromatic heterocycles. The first-order valence-electron chi connectivity index (χ1n) is 7.45. The number of amides is 1. The third-order valence-electron chi connectivity index (χ3n) is 4.56. The molecule has 0 bridgehead atoms. The first-order valence-corrected chi connectivity index (χ1v) is 7.45. The zero-order valence-corrected chi connectivity index (χ0v) is 12.2. The molecule has 0 aromatic rings. The maximum atomic E-state index is 12.7. The van der Waals surface area contributed by atoms with E-state index in [4.69, 9.17) is 15.7 Å². The summed E-state index contributed by atoms with van der Waals surface area (Å²) in [5.74, 6) is 0.0101. The van der Waals surface area contributed by atoms with E-state index in [2.05, 4.69) is 5.16 Å². The fraction of sp³-hybridized carbons (Fsp3) is 0.857. The number of ether oxygens (including phenoxy) is 1. The molecule has 1 heterocycles. The van der Waals surface area contributed by atoms with Crippen LogP contribution in [0.5, 0.6) is 0 Å². The molecule has 2 aliphatic rings. The Morgan fingerprint density at radius 2 is 2.10 bits per heavy atom. The molecule has 0 aromatic carbocycles. The van der Waals surface area contributed by atoms with Gasteiger partial charge in [0.2, 0.25) is 5.91 Å². The lowest BCUT2D eigenvalue weighted by atomic mass is 9.83. The third kappa shape index (κ3) is 2.90. The summed E-state index contributed by atoms with van der Waals surface area (Å²) in [6, 6.07) is 0. The molecule has 1 saturated heterocycles. The smallest absolute Gasteiger partial charge is 0.236 e. The number of nitrogens with zero attached hydrogens (tertiary/aromatic N) is 2. The Morgan fingerprint density at radius 3 is 2.65 bits per heavy atom. The molecule has 1 atom stereocenters. The number of amidine groups is 1. The van der Waals surface area contributed by atoms with E-state index in [0.717, 1.165) is 38.7 Å². The van der Waals surface area contributed by atoms with Crippen molar-refractivity contribution < 1.29 is 14.7 Å². The van der Waals surface area contributed by atoms with Crippen molar-refractivity contribution in [2.75, 3.05) is 20.2 Å². The van der Waals surface area contributed by atoms with Crippen molar-refractivity contribution in [3.63, 3.8) is 0 Å². The standard InChI is InChI=1S/C14H25N3O3/c1-17(10-11-6-2-5-9-20-11)13(18)14(12(15)16-19)7-3-4-8-14/h11,19H,2-10H2,1H3,(H2,15,16). The highest BCUT2D eigenvalue weighted by atomic mass is 16.5. The van der Waals surface area contributed by atoms with Gasteiger partial charge in [-0.05, 0) is 32.1 Å². The van der Waals surface area contributed by atoms with E-state index < -0.39 is 5.41 Å². The summed E-state index contributed by atoms with van der Waals surface area (Å²) in [5.41, 5.74) is 5.00. The van der Waals surface area contributed by atoms with Crippen molar-refractivity contribution in [2.45, 2.75) is 51.0 Å². The number of carbonyl (C=O) groups excluding carboxylic acids is 1. The lowest BCUT2D eigenvalue weighted by molar-refractivity contribution is -0.139. The summed E-state index contributed by atoms with van der Waals surface area (Å²) < 4.78 is 5.68. The Labute approximate surface area is 119 Å². The van der Waals surface area contributed by atoms with Crippen molar-refractivity contribution in [3.05, 3.63) is 0 Å². The number of carbonyl (C=O) groups is 1. The molecular weight excluding hydrogens is 258 g/mol. The van der Waals surface area contributed by atoms with Crippen LogP contribution in [0.25, 0.3) is 0 Å². The second-order valence-electron chi connectivity index (χ2n) is 5.95. The molecule has 1 aliphatic heterocycles. The molecule has 114 valence electrons. The van der Waals surface area contributed by atoms with Crippen LogP contribution in [0.2, 0.25) is 0 Å². The Morgan fingerprint density at radius 1 is 1.40 bits per heavy atom. The number of likely N-dealkylation sites (N-methyl/N-ethyl adjacent to an activating group) is 1. The fourth-order valence-corrected chi connectivity index (χ4v) is 3.36. The minimum Gasteiger partial charge on any atom is -0.409 e. The molecule has 2 fully saturated rings. The topological polar surface area (TPSA) is 88.2 Å². The van der Waals surface area contributed by atoms with Crippen LogP contribution in [0.1, 0.15) is 44.9 Å². The van der Waals surface area contributed by atoms with E-state index in [-0.39, 0.29) is 17.8 Å². The van der Waals surface area contributed by atoms with Gasteiger partial charge in [-0.15, -0.1) is 0 Å². The van der Waals surface area contributed by atoms with E-state index in [1.54, 1.807) is 11.9 Å². The van der Waals surface area contributed by atoms with Crippen LogP contribution < -0.4 is 5.73 Å². The van der Waals surface area contributed by atoms with Gasteiger partial charge in [0, 0.05) is 20.2 Å². The van der Waals surface area contributed by atoms with Crippen LogP contribution >= 0.6 is 0 Å². The molecule has 2 rings (SSSR count). The van der Waals surface area contributed by atoms with Crippen molar-refractivity contribution >= 4 is 11.7 Å². The molecule has 1 amide bonds. The quantitative estimate of drug-likeness (QED) is 0.352. The highest BCUT2D eigenvalue weighted by molar-refractivity contribution is 6.06. The molecule has 1 unspecified atom stereocenters. The van der Waals surface area contributed by atoms with E-state index in [9.17, 15) is 4.79 Å². The molecule has 1 saturated carbocycles. The van der Waals surface area contributed by atoms with Crippen LogP contribution in [-0.2, 0) is 9.53 Å². The lowest BCUT2D eigenvalue weighted by Crippen LogP contribution is -2.50. The second kappa shape index (κ2) is 6.43. The van der Waals surface area contributed by atoms with Gasteiger partial charge in [0.1, 0.15) is 5.41 Å². The molecule has 1 aliphatic carbocycles. The fourth-order valence-electron chi connectivity index (χ4n) is 3.36. The van der Waals surface area contributed by atoms with Gasteiger partial charge in [-0.25, -0.2) is 0 Å². The van der Waals surface area contributed by atoms with Crippen molar-refractivity contribution in [3.8, 4) is 0 Å². The van der Waals surface area contributed by atoms with Crippen LogP contribution in [-0.4, -0.2) is 48.2 Å². The van der Waals surface area contributed by atoms with Crippen molar-refractivity contribution in [1.29, 1.82) is 0 Å². The van der Waals surface area contributed by atoms with Crippen LogP contribution in [0.15, 0.2) is 5.16 Å². The van der Waals surface area contributed by atoms with E-state index in [0.29, 0.717) is 19.4 Å². The summed E-state index contributed by atoms with van der Waals surface area (Å²) in [5, 5.41) is 12.1. The summed E-state index contributed by atoms with van der Waals surface area (Å²) in [7, 11) is 1.78. The molecule has 0 spiro atoms. The number of hydrogen-bond donors (Lipinski definition) is 2. The van der Waals surface area contributed by atoms with Crippen LogP contribution in [0.3, 0.4) is 0 Å². The van der Waals surface area contributed by atoms with Gasteiger partial charge in [-0.3, -0.25) is 4.79 Å². The largest absolute Gasteiger partial charge is 0.409 e. The van der Waals surface area contributed by atoms with Gasteiger partial charge in [0.15, 0.2) is 5.84 Å². The molecule has 3 N–H and O–H groups in total. The summed E-state index contributed by atoms with van der Waals surface area (Å²) in [4.78, 5) is 14.4. The zero-order valence-electron chi connectivity index (χ0n) is 12.2. The van der Waals surface area contributed by atoms with Gasteiger partial charge >= 0.3 is 0 Å². The summed E-state index contributed by atoms with van der Waals surface area (Å²) in [6.45, 7) is 1.36. The van der Waals surface area contributed by atoms with Crippen molar-refractivity contribution in [2.24, 2.45) is 16.3 Å². The SMILES string of the molecule is CN(CC1CCCCO1)C(=O)C1(C(N)=NO)CCCC1. The second-order valence-corrected chi connectivity index (χ2v) is 5.95. The highest BCUT2D eigenvalue weighted by Gasteiger charge is 2.47. The van der Waals surface area contributed by atoms with Gasteiger partial charge in [0.25, 0.3) is 0 Å². The Bertz CT molecular complexity index is 372. The highest BCUT2D eigenvalue weighted by Crippen LogP contribution is 2.40. The van der Waals surface area contributed by atoms with Crippen molar-refractivity contribution in [1.82, 2.24) is 4.90 Å². The summed E-state index contributed by atoms with van der Waals surface area (Å²) in [6.07, 6.45) is 6.57. The Balaban J connectivity index is 2.03. The van der Waals surface area contributed by atoms with Crippen LogP contribution in [0, 0.1) is 5.41 Å². The predicted octanol–water partition coefficient (Wildman–Crippen LogP) is 1.32. The Kier molecular flexibility index (Phi) is 4.86. The molecule has 6 heteroatoms. The lowest BCUT2D eigenvalue weighted by Gasteiger charge is -2.34. The minimum absolute atomic E-state index is 0.0422.